The molecule has 0 saturated heterocycles. The number of nitrogens with zero attached hydrogens (tertiary/aromatic N) is 2. The van der Waals surface area contributed by atoms with Crippen molar-refractivity contribution in [3.63, 3.8) is 0 Å². The first-order valence-electron chi connectivity index (χ1n) is 7.81. The monoisotopic (exact) mass is 426 g/mol. The summed E-state index contributed by atoms with van der Waals surface area (Å²) in [6, 6.07) is 0. The van der Waals surface area contributed by atoms with E-state index in [1.54, 1.807) is 7.05 Å². The first-order valence-corrected chi connectivity index (χ1v) is 7.81. The quantitative estimate of drug-likeness (QED) is 0.253. The number of likely N-dealkylation sites (N-methyl/N-ethyl adjacent to an activating group) is 1. The molecule has 0 radical (unpaired) electrons. The lowest BCUT2D eigenvalue weighted by atomic mass is 10.2. The van der Waals surface area contributed by atoms with Gasteiger partial charge in [0.1, 0.15) is 0 Å². The summed E-state index contributed by atoms with van der Waals surface area (Å²) in [6.45, 7) is 7.46. The van der Waals surface area contributed by atoms with Crippen LogP contribution in [0.3, 0.4) is 0 Å². The average molecular weight is 426 g/mol. The maximum absolute atomic E-state index is 11.4. The van der Waals surface area contributed by atoms with Crippen molar-refractivity contribution in [2.24, 2.45) is 16.8 Å². The van der Waals surface area contributed by atoms with Crippen LogP contribution in [0.1, 0.15) is 26.7 Å². The summed E-state index contributed by atoms with van der Waals surface area (Å²) >= 11 is 0. The number of aliphatic imine (C=N–C) groups is 1. The number of carbonyl (C=O) groups excluding carboxylic acids is 1. The van der Waals surface area contributed by atoms with Gasteiger partial charge in [-0.15, -0.1) is 24.0 Å². The van der Waals surface area contributed by atoms with Crippen molar-refractivity contribution in [2.75, 3.05) is 46.9 Å². The summed E-state index contributed by atoms with van der Waals surface area (Å²) < 4.78 is 5.62. The molecule has 1 aliphatic rings. The van der Waals surface area contributed by atoms with E-state index in [1.807, 2.05) is 25.8 Å². The summed E-state index contributed by atoms with van der Waals surface area (Å²) in [5, 5.41) is 6.10. The maximum Gasteiger partial charge on any atom is 0.222 e. The fourth-order valence-corrected chi connectivity index (χ4v) is 1.79. The van der Waals surface area contributed by atoms with Crippen LogP contribution >= 0.6 is 24.0 Å². The molecule has 1 fully saturated rings. The fourth-order valence-electron chi connectivity index (χ4n) is 1.79. The minimum absolute atomic E-state index is 0. The van der Waals surface area contributed by atoms with Gasteiger partial charge in [0.25, 0.3) is 0 Å². The standard InChI is InChI=1S/C15H30N4O2.HI/c1-12(2)14(20)17-7-8-18-15(16-3)19(4)9-10-21-11-13-5-6-13;/h12-13H,5-11H2,1-4H3,(H,16,18)(H,17,20);1H. The Morgan fingerprint density at radius 1 is 1.32 bits per heavy atom. The van der Waals surface area contributed by atoms with E-state index in [2.05, 4.69) is 15.6 Å². The van der Waals surface area contributed by atoms with Crippen molar-refractivity contribution in [3.05, 3.63) is 0 Å². The molecule has 0 bridgehead atoms. The van der Waals surface area contributed by atoms with Crippen molar-refractivity contribution >= 4 is 35.8 Å². The number of guanidine groups is 1. The van der Waals surface area contributed by atoms with Gasteiger partial charge in [0, 0.05) is 46.3 Å². The van der Waals surface area contributed by atoms with Crippen LogP contribution in [0.15, 0.2) is 4.99 Å². The predicted molar refractivity (Wildman–Crippen MR) is 101 cm³/mol. The highest BCUT2D eigenvalue weighted by Gasteiger charge is 2.21. The molecular weight excluding hydrogens is 395 g/mol. The van der Waals surface area contributed by atoms with Gasteiger partial charge in [0.15, 0.2) is 5.96 Å². The minimum Gasteiger partial charge on any atom is -0.379 e. The van der Waals surface area contributed by atoms with Crippen molar-refractivity contribution in [3.8, 4) is 0 Å². The lowest BCUT2D eigenvalue weighted by molar-refractivity contribution is -0.123. The third kappa shape index (κ3) is 9.45. The summed E-state index contributed by atoms with van der Waals surface area (Å²) in [7, 11) is 3.75. The van der Waals surface area contributed by atoms with Crippen LogP contribution in [0.4, 0.5) is 0 Å². The van der Waals surface area contributed by atoms with Crippen LogP contribution in [0.5, 0.6) is 0 Å². The van der Waals surface area contributed by atoms with Crippen molar-refractivity contribution in [2.45, 2.75) is 26.7 Å². The van der Waals surface area contributed by atoms with Gasteiger partial charge >= 0.3 is 0 Å². The molecule has 0 aromatic heterocycles. The second-order valence-electron chi connectivity index (χ2n) is 5.86. The predicted octanol–water partition coefficient (Wildman–Crippen LogP) is 1.31. The molecule has 0 aliphatic heterocycles. The van der Waals surface area contributed by atoms with Gasteiger partial charge in [-0.05, 0) is 18.8 Å². The average Bonchev–Trinajstić information content (AvgIpc) is 3.27. The first-order chi connectivity index (χ1) is 10.0. The van der Waals surface area contributed by atoms with Gasteiger partial charge < -0.3 is 20.3 Å². The lowest BCUT2D eigenvalue weighted by Gasteiger charge is -2.22. The zero-order chi connectivity index (χ0) is 15.7. The molecule has 2 N–H and O–H groups in total. The van der Waals surface area contributed by atoms with Gasteiger partial charge in [0.2, 0.25) is 5.91 Å². The molecule has 1 rings (SSSR count). The molecule has 0 spiro atoms. The van der Waals surface area contributed by atoms with Gasteiger partial charge in [-0.25, -0.2) is 0 Å². The molecule has 0 atom stereocenters. The van der Waals surface area contributed by atoms with Crippen LogP contribution in [-0.4, -0.2) is 63.7 Å². The second kappa shape index (κ2) is 11.9. The number of amides is 1. The molecule has 7 heteroatoms. The Labute approximate surface area is 151 Å². The maximum atomic E-state index is 11.4. The Bertz CT molecular complexity index is 346. The molecule has 1 amide bonds. The highest BCUT2D eigenvalue weighted by Crippen LogP contribution is 2.28. The summed E-state index contributed by atoms with van der Waals surface area (Å²) in [6.07, 6.45) is 2.64. The molecule has 22 heavy (non-hydrogen) atoms. The minimum atomic E-state index is 0. The van der Waals surface area contributed by atoms with E-state index in [0.29, 0.717) is 13.1 Å². The number of halogens is 1. The van der Waals surface area contributed by atoms with Crippen molar-refractivity contribution in [1.29, 1.82) is 0 Å². The number of rotatable bonds is 9. The molecule has 1 saturated carbocycles. The molecule has 0 heterocycles. The molecule has 0 aromatic rings. The molecule has 130 valence electrons. The molecule has 0 aromatic carbocycles. The molecule has 0 unspecified atom stereocenters. The third-order valence-electron chi connectivity index (χ3n) is 3.43. The van der Waals surface area contributed by atoms with Crippen LogP contribution in [0.25, 0.3) is 0 Å². The number of ether oxygens (including phenoxy) is 1. The second-order valence-corrected chi connectivity index (χ2v) is 5.86. The summed E-state index contributed by atoms with van der Waals surface area (Å²) in [4.78, 5) is 17.7. The largest absolute Gasteiger partial charge is 0.379 e. The van der Waals surface area contributed by atoms with Crippen LogP contribution in [-0.2, 0) is 9.53 Å². The van der Waals surface area contributed by atoms with E-state index in [4.69, 9.17) is 4.74 Å². The first kappa shape index (κ1) is 21.4. The highest BCUT2D eigenvalue weighted by atomic mass is 127. The van der Waals surface area contributed by atoms with Crippen LogP contribution in [0.2, 0.25) is 0 Å². The van der Waals surface area contributed by atoms with Gasteiger partial charge in [0.05, 0.1) is 6.61 Å². The third-order valence-corrected chi connectivity index (χ3v) is 3.43. The van der Waals surface area contributed by atoms with Gasteiger partial charge in [-0.3, -0.25) is 9.79 Å². The number of carbonyl (C=O) groups is 1. The topological polar surface area (TPSA) is 66.0 Å². The normalized spacial score (nSPS) is 14.5. The highest BCUT2D eigenvalue weighted by molar-refractivity contribution is 14.0. The van der Waals surface area contributed by atoms with Crippen molar-refractivity contribution < 1.29 is 9.53 Å². The molecular formula is C15H31IN4O2. The Balaban J connectivity index is 0.00000441. The Morgan fingerprint density at radius 3 is 2.50 bits per heavy atom. The van der Waals surface area contributed by atoms with E-state index in [-0.39, 0.29) is 35.8 Å². The SMILES string of the molecule is CN=C(NCCNC(=O)C(C)C)N(C)CCOCC1CC1.I. The zero-order valence-electron chi connectivity index (χ0n) is 14.2. The number of hydrogen-bond donors (Lipinski definition) is 2. The van der Waals surface area contributed by atoms with E-state index in [0.717, 1.165) is 31.6 Å². The van der Waals surface area contributed by atoms with Crippen molar-refractivity contribution in [1.82, 2.24) is 15.5 Å². The van der Waals surface area contributed by atoms with E-state index in [9.17, 15) is 4.79 Å². The zero-order valence-corrected chi connectivity index (χ0v) is 16.6. The molecule has 1 aliphatic carbocycles. The van der Waals surface area contributed by atoms with E-state index in [1.165, 1.54) is 12.8 Å². The van der Waals surface area contributed by atoms with Crippen LogP contribution in [0, 0.1) is 11.8 Å². The summed E-state index contributed by atoms with van der Waals surface area (Å²) in [5.74, 6) is 1.73. The van der Waals surface area contributed by atoms with E-state index >= 15 is 0 Å². The molecule has 6 nitrogen and oxygen atoms in total. The van der Waals surface area contributed by atoms with Gasteiger partial charge in [-0.2, -0.15) is 0 Å². The lowest BCUT2D eigenvalue weighted by Crippen LogP contribution is -2.44. The Kier molecular flexibility index (Phi) is 11.6. The Morgan fingerprint density at radius 2 is 1.95 bits per heavy atom. The van der Waals surface area contributed by atoms with E-state index < -0.39 is 0 Å². The summed E-state index contributed by atoms with van der Waals surface area (Å²) in [5.41, 5.74) is 0. The fraction of sp³-hybridized carbons (Fsp3) is 0.867. The Hall–Kier alpha value is -0.570. The van der Waals surface area contributed by atoms with Crippen LogP contribution < -0.4 is 10.6 Å². The van der Waals surface area contributed by atoms with Gasteiger partial charge in [-0.1, -0.05) is 13.8 Å². The smallest absolute Gasteiger partial charge is 0.222 e. The number of hydrogen-bond acceptors (Lipinski definition) is 3. The number of nitrogens with one attached hydrogen (secondary N) is 2.